The van der Waals surface area contributed by atoms with Gasteiger partial charge in [0.05, 0.1) is 24.2 Å². The minimum absolute atomic E-state index is 0.0486. The summed E-state index contributed by atoms with van der Waals surface area (Å²) >= 11 is 1.70. The standard InChI is InChI=1S/C18H24N6O2S/c1-2-23-16(22-9-11-26-12-10-22)20-21-18(23)27-13-5-8-24-15-7-4-3-6-14(15)19-17(24)25/h3-4,6-7H,2,5,8-13H2,1H3,(H,19,25). The number of imidazole rings is 1. The monoisotopic (exact) mass is 388 g/mol. The summed E-state index contributed by atoms with van der Waals surface area (Å²) in [4.78, 5) is 17.3. The van der Waals surface area contributed by atoms with Crippen molar-refractivity contribution >= 4 is 28.7 Å². The molecule has 0 spiro atoms. The van der Waals surface area contributed by atoms with Gasteiger partial charge in [0.15, 0.2) is 5.16 Å². The summed E-state index contributed by atoms with van der Waals surface area (Å²) in [7, 11) is 0. The second-order valence-corrected chi connectivity index (χ2v) is 7.49. The van der Waals surface area contributed by atoms with Gasteiger partial charge in [-0.25, -0.2) is 4.79 Å². The molecule has 1 N–H and O–H groups in total. The maximum atomic E-state index is 12.1. The van der Waals surface area contributed by atoms with Crippen molar-refractivity contribution in [1.29, 1.82) is 0 Å². The van der Waals surface area contributed by atoms with Crippen molar-refractivity contribution in [1.82, 2.24) is 24.3 Å². The molecule has 0 amide bonds. The summed E-state index contributed by atoms with van der Waals surface area (Å²) in [5, 5.41) is 9.71. The predicted molar refractivity (Wildman–Crippen MR) is 107 cm³/mol. The molecule has 144 valence electrons. The molecule has 3 aromatic rings. The zero-order chi connectivity index (χ0) is 18.6. The number of ether oxygens (including phenoxy) is 1. The lowest BCUT2D eigenvalue weighted by atomic mass is 10.3. The Balaban J connectivity index is 1.38. The quantitative estimate of drug-likeness (QED) is 0.492. The first kappa shape index (κ1) is 18.1. The number of aromatic amines is 1. The van der Waals surface area contributed by atoms with Crippen LogP contribution in [-0.4, -0.2) is 56.4 Å². The number of benzene rings is 1. The van der Waals surface area contributed by atoms with Crippen molar-refractivity contribution in [3.8, 4) is 0 Å². The van der Waals surface area contributed by atoms with Crippen molar-refractivity contribution in [2.24, 2.45) is 0 Å². The molecule has 3 heterocycles. The lowest BCUT2D eigenvalue weighted by molar-refractivity contribution is 0.121. The number of nitrogens with zero attached hydrogens (tertiary/aromatic N) is 5. The number of hydrogen-bond acceptors (Lipinski definition) is 6. The highest BCUT2D eigenvalue weighted by Gasteiger charge is 2.19. The summed E-state index contributed by atoms with van der Waals surface area (Å²) < 4.78 is 9.39. The number of morpholine rings is 1. The largest absolute Gasteiger partial charge is 0.378 e. The Bertz CT molecular complexity index is 956. The van der Waals surface area contributed by atoms with Crippen molar-refractivity contribution in [2.45, 2.75) is 31.6 Å². The van der Waals surface area contributed by atoms with E-state index in [1.54, 1.807) is 16.3 Å². The van der Waals surface area contributed by atoms with E-state index in [4.69, 9.17) is 4.74 Å². The Labute approximate surface area is 161 Å². The normalized spacial score (nSPS) is 14.9. The zero-order valence-electron chi connectivity index (χ0n) is 15.4. The van der Waals surface area contributed by atoms with Crippen LogP contribution in [0.25, 0.3) is 11.0 Å². The molecule has 1 saturated heterocycles. The van der Waals surface area contributed by atoms with Crippen LogP contribution in [-0.2, 0) is 17.8 Å². The van der Waals surface area contributed by atoms with E-state index in [0.717, 1.165) is 67.2 Å². The number of nitrogens with one attached hydrogen (secondary N) is 1. The maximum absolute atomic E-state index is 12.1. The molecule has 1 aliphatic rings. The van der Waals surface area contributed by atoms with E-state index >= 15 is 0 Å². The molecular formula is C18H24N6O2S. The second-order valence-electron chi connectivity index (χ2n) is 6.43. The van der Waals surface area contributed by atoms with Gasteiger partial charge in [-0.05, 0) is 25.5 Å². The number of fused-ring (bicyclic) bond motifs is 1. The fourth-order valence-electron chi connectivity index (χ4n) is 3.38. The Kier molecular flexibility index (Phi) is 5.49. The fourth-order valence-corrected chi connectivity index (χ4v) is 4.30. The molecule has 0 atom stereocenters. The SMILES string of the molecule is CCn1c(SCCCn2c(=O)[nH]c3ccccc32)nnc1N1CCOCC1. The number of aromatic nitrogens is 5. The molecule has 1 aliphatic heterocycles. The molecule has 1 fully saturated rings. The van der Waals surface area contributed by atoms with Crippen LogP contribution in [0.4, 0.5) is 5.95 Å². The number of para-hydroxylation sites is 2. The first-order valence-corrected chi connectivity index (χ1v) is 10.3. The van der Waals surface area contributed by atoms with Gasteiger partial charge in [0.1, 0.15) is 0 Å². The van der Waals surface area contributed by atoms with E-state index < -0.39 is 0 Å². The molecule has 0 saturated carbocycles. The Morgan fingerprint density at radius 1 is 1.19 bits per heavy atom. The zero-order valence-corrected chi connectivity index (χ0v) is 16.2. The molecule has 0 unspecified atom stereocenters. The molecule has 27 heavy (non-hydrogen) atoms. The maximum Gasteiger partial charge on any atom is 0.326 e. The van der Waals surface area contributed by atoms with Gasteiger partial charge in [-0.2, -0.15) is 0 Å². The molecule has 0 aliphatic carbocycles. The van der Waals surface area contributed by atoms with Crippen LogP contribution < -0.4 is 10.6 Å². The van der Waals surface area contributed by atoms with Crippen LogP contribution in [0, 0.1) is 0 Å². The average Bonchev–Trinajstić information content (AvgIpc) is 3.26. The predicted octanol–water partition coefficient (Wildman–Crippen LogP) is 1.96. The van der Waals surface area contributed by atoms with Gasteiger partial charge < -0.3 is 14.6 Å². The van der Waals surface area contributed by atoms with Crippen molar-refractivity contribution in [3.63, 3.8) is 0 Å². The lowest BCUT2D eigenvalue weighted by Gasteiger charge is -2.27. The van der Waals surface area contributed by atoms with Gasteiger partial charge in [0.25, 0.3) is 0 Å². The molecule has 0 radical (unpaired) electrons. The van der Waals surface area contributed by atoms with Crippen LogP contribution in [0.2, 0.25) is 0 Å². The van der Waals surface area contributed by atoms with Gasteiger partial charge in [0, 0.05) is 31.9 Å². The topological polar surface area (TPSA) is 81.0 Å². The first-order valence-electron chi connectivity index (χ1n) is 9.34. The molecule has 9 heteroatoms. The number of thioether (sulfide) groups is 1. The number of anilines is 1. The Morgan fingerprint density at radius 3 is 2.81 bits per heavy atom. The summed E-state index contributed by atoms with van der Waals surface area (Å²) in [5.74, 6) is 1.81. The van der Waals surface area contributed by atoms with E-state index in [-0.39, 0.29) is 5.69 Å². The van der Waals surface area contributed by atoms with Crippen LogP contribution in [0.15, 0.2) is 34.2 Å². The Hall–Kier alpha value is -2.26. The number of rotatable bonds is 7. The minimum atomic E-state index is -0.0486. The smallest absolute Gasteiger partial charge is 0.326 e. The summed E-state index contributed by atoms with van der Waals surface area (Å²) in [6.45, 7) is 6.81. The van der Waals surface area contributed by atoms with E-state index in [9.17, 15) is 4.79 Å². The van der Waals surface area contributed by atoms with Crippen LogP contribution >= 0.6 is 11.8 Å². The molecule has 0 bridgehead atoms. The highest BCUT2D eigenvalue weighted by atomic mass is 32.2. The van der Waals surface area contributed by atoms with Crippen LogP contribution in [0.3, 0.4) is 0 Å². The highest BCUT2D eigenvalue weighted by molar-refractivity contribution is 7.99. The second kappa shape index (κ2) is 8.18. The van der Waals surface area contributed by atoms with Gasteiger partial charge in [-0.1, -0.05) is 23.9 Å². The summed E-state index contributed by atoms with van der Waals surface area (Å²) in [6.07, 6.45) is 0.885. The third-order valence-corrected chi connectivity index (χ3v) is 5.80. The fraction of sp³-hybridized carbons (Fsp3) is 0.500. The van der Waals surface area contributed by atoms with Gasteiger partial charge >= 0.3 is 5.69 Å². The average molecular weight is 388 g/mol. The van der Waals surface area contributed by atoms with E-state index in [0.29, 0.717) is 6.54 Å². The lowest BCUT2D eigenvalue weighted by Crippen LogP contribution is -2.38. The van der Waals surface area contributed by atoms with Crippen molar-refractivity contribution < 1.29 is 4.74 Å². The molecular weight excluding hydrogens is 364 g/mol. The van der Waals surface area contributed by atoms with Gasteiger partial charge in [-0.15, -0.1) is 10.2 Å². The molecule has 1 aromatic carbocycles. The third kappa shape index (κ3) is 3.74. The van der Waals surface area contributed by atoms with Gasteiger partial charge in [0.2, 0.25) is 5.95 Å². The van der Waals surface area contributed by atoms with Crippen molar-refractivity contribution in [3.05, 3.63) is 34.7 Å². The summed E-state index contributed by atoms with van der Waals surface area (Å²) in [5.41, 5.74) is 1.79. The minimum Gasteiger partial charge on any atom is -0.378 e. The van der Waals surface area contributed by atoms with Crippen LogP contribution in [0.1, 0.15) is 13.3 Å². The third-order valence-electron chi connectivity index (χ3n) is 4.75. The number of aryl methyl sites for hydroxylation is 1. The first-order chi connectivity index (χ1) is 13.3. The molecule has 2 aromatic heterocycles. The summed E-state index contributed by atoms with van der Waals surface area (Å²) in [6, 6.07) is 7.79. The van der Waals surface area contributed by atoms with Gasteiger partial charge in [-0.3, -0.25) is 9.13 Å². The van der Waals surface area contributed by atoms with E-state index in [1.807, 2.05) is 24.3 Å². The molecule has 4 rings (SSSR count). The number of hydrogen-bond donors (Lipinski definition) is 1. The molecule has 8 nitrogen and oxygen atoms in total. The highest BCUT2D eigenvalue weighted by Crippen LogP contribution is 2.23. The Morgan fingerprint density at radius 2 is 2.00 bits per heavy atom. The van der Waals surface area contributed by atoms with E-state index in [1.165, 1.54) is 0 Å². The number of H-pyrrole nitrogens is 1. The van der Waals surface area contributed by atoms with E-state index in [2.05, 4.69) is 31.6 Å². The van der Waals surface area contributed by atoms with Crippen molar-refractivity contribution in [2.75, 3.05) is 37.0 Å². The van der Waals surface area contributed by atoms with Crippen LogP contribution in [0.5, 0.6) is 0 Å².